The Bertz CT molecular complexity index is 1080. The summed E-state index contributed by atoms with van der Waals surface area (Å²) in [5.41, 5.74) is 3.96. The van der Waals surface area contributed by atoms with Crippen molar-refractivity contribution in [3.63, 3.8) is 0 Å². The molecule has 0 spiro atoms. The van der Waals surface area contributed by atoms with E-state index >= 15 is 0 Å². The van der Waals surface area contributed by atoms with Gasteiger partial charge in [-0.25, -0.2) is 0 Å². The minimum Gasteiger partial charge on any atom is -0.418 e. The molecule has 0 aliphatic heterocycles. The van der Waals surface area contributed by atoms with E-state index in [-0.39, 0.29) is 6.04 Å². The summed E-state index contributed by atoms with van der Waals surface area (Å²) in [6.45, 7) is 2.05. The van der Waals surface area contributed by atoms with Gasteiger partial charge in [-0.15, -0.1) is 10.2 Å². The summed E-state index contributed by atoms with van der Waals surface area (Å²) in [5, 5.41) is 12.7. The zero-order valence-corrected chi connectivity index (χ0v) is 17.4. The summed E-state index contributed by atoms with van der Waals surface area (Å²) in [5.74, 6) is 0.977. The van der Waals surface area contributed by atoms with Crippen molar-refractivity contribution < 1.29 is 4.42 Å². The number of aryl methyl sites for hydroxylation is 1. The van der Waals surface area contributed by atoms with Gasteiger partial charge in [0, 0.05) is 20.7 Å². The standard InChI is InChI=1S/C22H17BrClN3O/c1-14-13-18(11-12-19(14)23)25-20(15-7-9-17(24)10-8-15)22-27-26-21(28-22)16-5-3-2-4-6-16/h2-13,20,25H,1H3/t20-/m0/s1. The third-order valence-corrected chi connectivity index (χ3v) is 5.52. The molecule has 0 saturated heterocycles. The molecule has 0 bridgehead atoms. The summed E-state index contributed by atoms with van der Waals surface area (Å²) >= 11 is 9.61. The summed E-state index contributed by atoms with van der Waals surface area (Å²) in [6, 6.07) is 23.1. The quantitative estimate of drug-likeness (QED) is 0.366. The topological polar surface area (TPSA) is 51.0 Å². The maximum absolute atomic E-state index is 6.07. The van der Waals surface area contributed by atoms with Gasteiger partial charge in [0.15, 0.2) is 0 Å². The molecule has 3 aromatic carbocycles. The van der Waals surface area contributed by atoms with E-state index in [1.807, 2.05) is 73.7 Å². The molecule has 0 fully saturated rings. The maximum atomic E-state index is 6.07. The smallest absolute Gasteiger partial charge is 0.247 e. The molecule has 4 nitrogen and oxygen atoms in total. The minimum absolute atomic E-state index is 0.303. The fourth-order valence-electron chi connectivity index (χ4n) is 2.89. The van der Waals surface area contributed by atoms with Crippen LogP contribution < -0.4 is 5.32 Å². The second kappa shape index (κ2) is 8.17. The number of aromatic nitrogens is 2. The molecule has 4 rings (SSSR count). The molecule has 0 aliphatic rings. The van der Waals surface area contributed by atoms with Crippen LogP contribution in [-0.4, -0.2) is 10.2 Å². The summed E-state index contributed by atoms with van der Waals surface area (Å²) in [7, 11) is 0. The van der Waals surface area contributed by atoms with Gasteiger partial charge in [-0.1, -0.05) is 57.9 Å². The van der Waals surface area contributed by atoms with Gasteiger partial charge in [-0.05, 0) is 60.5 Å². The number of hydrogen-bond donors (Lipinski definition) is 1. The minimum atomic E-state index is -0.303. The molecule has 1 N–H and O–H groups in total. The van der Waals surface area contributed by atoms with Crippen LogP contribution in [0, 0.1) is 6.92 Å². The largest absolute Gasteiger partial charge is 0.418 e. The van der Waals surface area contributed by atoms with Crippen LogP contribution in [0.2, 0.25) is 5.02 Å². The molecular formula is C22H17BrClN3O. The average Bonchev–Trinajstić information content (AvgIpc) is 3.20. The molecule has 0 amide bonds. The third kappa shape index (κ3) is 4.11. The number of rotatable bonds is 5. The lowest BCUT2D eigenvalue weighted by Gasteiger charge is -2.18. The first kappa shape index (κ1) is 18.7. The van der Waals surface area contributed by atoms with Gasteiger partial charge in [-0.2, -0.15) is 0 Å². The molecule has 28 heavy (non-hydrogen) atoms. The first-order valence-corrected chi connectivity index (χ1v) is 9.94. The van der Waals surface area contributed by atoms with E-state index in [0.29, 0.717) is 16.8 Å². The summed E-state index contributed by atoms with van der Waals surface area (Å²) < 4.78 is 7.08. The van der Waals surface area contributed by atoms with Crippen molar-refractivity contribution in [3.8, 4) is 11.5 Å². The number of halogens is 2. The van der Waals surface area contributed by atoms with Gasteiger partial charge in [-0.3, -0.25) is 0 Å². The van der Waals surface area contributed by atoms with Gasteiger partial charge >= 0.3 is 0 Å². The van der Waals surface area contributed by atoms with E-state index in [9.17, 15) is 0 Å². The normalized spacial score (nSPS) is 12.0. The Morgan fingerprint density at radius 3 is 2.43 bits per heavy atom. The van der Waals surface area contributed by atoms with E-state index in [2.05, 4.69) is 37.5 Å². The van der Waals surface area contributed by atoms with Crippen molar-refractivity contribution in [2.45, 2.75) is 13.0 Å². The lowest BCUT2D eigenvalue weighted by Crippen LogP contribution is -2.13. The Balaban J connectivity index is 1.71. The molecule has 140 valence electrons. The van der Waals surface area contributed by atoms with Crippen LogP contribution >= 0.6 is 27.5 Å². The predicted octanol–water partition coefficient (Wildman–Crippen LogP) is 6.66. The molecule has 4 aromatic rings. The van der Waals surface area contributed by atoms with E-state index in [0.717, 1.165) is 26.9 Å². The highest BCUT2D eigenvalue weighted by Gasteiger charge is 2.22. The highest BCUT2D eigenvalue weighted by atomic mass is 79.9. The fourth-order valence-corrected chi connectivity index (χ4v) is 3.27. The molecular weight excluding hydrogens is 438 g/mol. The van der Waals surface area contributed by atoms with E-state index < -0.39 is 0 Å². The van der Waals surface area contributed by atoms with E-state index in [1.165, 1.54) is 0 Å². The Morgan fingerprint density at radius 2 is 1.71 bits per heavy atom. The number of hydrogen-bond acceptors (Lipinski definition) is 4. The Morgan fingerprint density at radius 1 is 0.964 bits per heavy atom. The number of nitrogens with zero attached hydrogens (tertiary/aromatic N) is 2. The highest BCUT2D eigenvalue weighted by Crippen LogP contribution is 2.30. The molecule has 1 atom stereocenters. The lowest BCUT2D eigenvalue weighted by molar-refractivity contribution is 0.494. The van der Waals surface area contributed by atoms with Crippen LogP contribution in [-0.2, 0) is 0 Å². The van der Waals surface area contributed by atoms with Crippen LogP contribution in [0.25, 0.3) is 11.5 Å². The van der Waals surface area contributed by atoms with Crippen molar-refractivity contribution in [2.75, 3.05) is 5.32 Å². The van der Waals surface area contributed by atoms with Crippen molar-refractivity contribution in [2.24, 2.45) is 0 Å². The maximum Gasteiger partial charge on any atom is 0.247 e. The van der Waals surface area contributed by atoms with Crippen LogP contribution in [0.4, 0.5) is 5.69 Å². The molecule has 0 aliphatic carbocycles. The SMILES string of the molecule is Cc1cc(N[C@@H](c2ccc(Cl)cc2)c2nnc(-c3ccccc3)o2)ccc1Br. The van der Waals surface area contributed by atoms with Crippen molar-refractivity contribution in [3.05, 3.63) is 99.3 Å². The zero-order valence-electron chi connectivity index (χ0n) is 15.1. The van der Waals surface area contributed by atoms with Crippen molar-refractivity contribution in [1.82, 2.24) is 10.2 Å². The third-order valence-electron chi connectivity index (χ3n) is 4.38. The van der Waals surface area contributed by atoms with Crippen LogP contribution in [0.3, 0.4) is 0 Å². The Labute approximate surface area is 176 Å². The predicted molar refractivity (Wildman–Crippen MR) is 116 cm³/mol. The van der Waals surface area contributed by atoms with Gasteiger partial charge in [0.2, 0.25) is 11.8 Å². The molecule has 0 unspecified atom stereocenters. The van der Waals surface area contributed by atoms with Gasteiger partial charge in [0.1, 0.15) is 6.04 Å². The number of benzene rings is 3. The monoisotopic (exact) mass is 453 g/mol. The second-order valence-corrected chi connectivity index (χ2v) is 7.70. The first-order valence-electron chi connectivity index (χ1n) is 8.77. The Hall–Kier alpha value is -2.63. The molecule has 1 heterocycles. The van der Waals surface area contributed by atoms with Crippen LogP contribution in [0.1, 0.15) is 23.1 Å². The van der Waals surface area contributed by atoms with Gasteiger partial charge in [0.05, 0.1) is 0 Å². The lowest BCUT2D eigenvalue weighted by atomic mass is 10.1. The van der Waals surface area contributed by atoms with Crippen molar-refractivity contribution in [1.29, 1.82) is 0 Å². The highest BCUT2D eigenvalue weighted by molar-refractivity contribution is 9.10. The molecule has 1 aromatic heterocycles. The number of anilines is 1. The zero-order chi connectivity index (χ0) is 19.5. The summed E-state index contributed by atoms with van der Waals surface area (Å²) in [4.78, 5) is 0. The fraction of sp³-hybridized carbons (Fsp3) is 0.0909. The Kier molecular flexibility index (Phi) is 5.46. The summed E-state index contributed by atoms with van der Waals surface area (Å²) in [6.07, 6.45) is 0. The molecule has 0 radical (unpaired) electrons. The first-order chi connectivity index (χ1) is 13.6. The van der Waals surface area contributed by atoms with E-state index in [4.69, 9.17) is 16.0 Å². The number of nitrogens with one attached hydrogen (secondary N) is 1. The molecule has 6 heteroatoms. The molecule has 0 saturated carbocycles. The van der Waals surface area contributed by atoms with Gasteiger partial charge in [0.25, 0.3) is 0 Å². The van der Waals surface area contributed by atoms with E-state index in [1.54, 1.807) is 0 Å². The average molecular weight is 455 g/mol. The van der Waals surface area contributed by atoms with Crippen molar-refractivity contribution >= 4 is 33.2 Å². The van der Waals surface area contributed by atoms with Gasteiger partial charge < -0.3 is 9.73 Å². The van der Waals surface area contributed by atoms with Crippen LogP contribution in [0.15, 0.2) is 81.7 Å². The van der Waals surface area contributed by atoms with Crippen LogP contribution in [0.5, 0.6) is 0 Å². The second-order valence-electron chi connectivity index (χ2n) is 6.40.